The van der Waals surface area contributed by atoms with Gasteiger partial charge in [0.2, 0.25) is 5.91 Å². The lowest BCUT2D eigenvalue weighted by Gasteiger charge is -2.59. The molecule has 5 heterocycles. The van der Waals surface area contributed by atoms with Crippen molar-refractivity contribution >= 4 is 23.7 Å². The Balaban J connectivity index is 1.36. The topological polar surface area (TPSA) is 92.0 Å². The van der Waals surface area contributed by atoms with Gasteiger partial charge in [0, 0.05) is 61.4 Å². The first-order valence-electron chi connectivity index (χ1n) is 16.6. The van der Waals surface area contributed by atoms with Gasteiger partial charge in [-0.05, 0) is 69.4 Å². The highest BCUT2D eigenvalue weighted by molar-refractivity contribution is 7.99. The minimum atomic E-state index is -1.23. The average molecular weight is 624 g/mol. The van der Waals surface area contributed by atoms with Crippen molar-refractivity contribution in [2.24, 2.45) is 17.8 Å². The maximum absolute atomic E-state index is 16.5. The van der Waals surface area contributed by atoms with E-state index in [-0.39, 0.29) is 53.8 Å². The van der Waals surface area contributed by atoms with Crippen molar-refractivity contribution in [3.8, 4) is 0 Å². The van der Waals surface area contributed by atoms with Gasteiger partial charge in [-0.25, -0.2) is 13.6 Å². The molecule has 0 radical (unpaired) electrons. The number of nitrogens with zero attached hydrogens (tertiary/aromatic N) is 3. The van der Waals surface area contributed by atoms with Gasteiger partial charge < -0.3 is 25.8 Å². The highest BCUT2D eigenvalue weighted by atomic mass is 32.2. The number of urea groups is 1. The van der Waals surface area contributed by atoms with Crippen molar-refractivity contribution in [3.05, 3.63) is 12.7 Å². The number of amides is 3. The van der Waals surface area contributed by atoms with Crippen molar-refractivity contribution in [3.63, 3.8) is 0 Å². The summed E-state index contributed by atoms with van der Waals surface area (Å²) in [7, 11) is 0. The number of hydrogen-bond donors (Lipinski definition) is 4. The van der Waals surface area contributed by atoms with Crippen LogP contribution < -0.4 is 21.3 Å². The molecule has 6 rings (SSSR count). The number of halogens is 2. The zero-order chi connectivity index (χ0) is 30.2. The molecule has 12 heteroatoms. The Bertz CT molecular complexity index is 1020. The van der Waals surface area contributed by atoms with Crippen LogP contribution in [-0.2, 0) is 4.79 Å². The number of piperidine rings is 2. The van der Waals surface area contributed by atoms with E-state index in [9.17, 15) is 9.59 Å². The van der Waals surface area contributed by atoms with Crippen molar-refractivity contribution in [1.82, 2.24) is 36.0 Å². The number of carbonyl (C=O) groups is 2. The largest absolute Gasteiger partial charge is 0.337 e. The number of rotatable bonds is 3. The molecule has 0 aromatic carbocycles. The predicted molar refractivity (Wildman–Crippen MR) is 166 cm³/mol. The van der Waals surface area contributed by atoms with E-state index in [2.05, 4.69) is 46.6 Å². The molecule has 6 aliphatic rings. The van der Waals surface area contributed by atoms with Gasteiger partial charge in [0.05, 0.1) is 18.4 Å². The minimum Gasteiger partial charge on any atom is -0.337 e. The molecule has 0 aromatic heterocycles. The van der Waals surface area contributed by atoms with E-state index in [0.717, 1.165) is 44.5 Å². The lowest BCUT2D eigenvalue weighted by Crippen LogP contribution is -2.80. The van der Waals surface area contributed by atoms with Crippen LogP contribution in [0.5, 0.6) is 0 Å². The van der Waals surface area contributed by atoms with Crippen LogP contribution in [0.3, 0.4) is 0 Å². The van der Waals surface area contributed by atoms with Crippen molar-refractivity contribution in [2.45, 2.75) is 106 Å². The molecule has 1 aliphatic carbocycles. The van der Waals surface area contributed by atoms with Crippen LogP contribution in [-0.4, -0.2) is 126 Å². The Morgan fingerprint density at radius 1 is 1.02 bits per heavy atom. The molecule has 1 saturated carbocycles. The Kier molecular flexibility index (Phi) is 9.88. The van der Waals surface area contributed by atoms with Crippen LogP contribution in [0.2, 0.25) is 0 Å². The number of piperazine rings is 1. The second-order valence-corrected chi connectivity index (χ2v) is 15.1. The van der Waals surface area contributed by atoms with Gasteiger partial charge in [-0.3, -0.25) is 15.0 Å². The fourth-order valence-corrected chi connectivity index (χ4v) is 10.3. The molecule has 242 valence electrons. The quantitative estimate of drug-likeness (QED) is 0.359. The summed E-state index contributed by atoms with van der Waals surface area (Å²) in [6.45, 7) is 12.0. The molecule has 6 fully saturated rings. The fraction of sp³-hybridized carbons (Fsp3) is 0.871. The molecular formula is C31H51F2N7O2S. The third-order valence-electron chi connectivity index (χ3n) is 11.0. The number of thioether (sulfide) groups is 1. The van der Waals surface area contributed by atoms with E-state index < -0.39 is 30.5 Å². The number of fused-ring (bicyclic) bond motifs is 5. The number of carbonyl (C=O) groups excluding carboxylic acids is 2. The van der Waals surface area contributed by atoms with E-state index in [1.165, 1.54) is 6.08 Å². The molecule has 5 aliphatic heterocycles. The summed E-state index contributed by atoms with van der Waals surface area (Å²) in [4.78, 5) is 32.6. The van der Waals surface area contributed by atoms with Crippen LogP contribution in [0.25, 0.3) is 0 Å². The Morgan fingerprint density at radius 3 is 2.56 bits per heavy atom. The standard InChI is InChI=1S/C31H51F2N7O2S/c1-4-24(41)38-12-14-39(15-13-38)29-19-17-21(33)27-25-20(32)7-5-8-22(25)34-10-6-16-43-23-9-11-35-26(18(2)3)28(23)40(30(19)36-27)31(42)37-29/h4,18-23,25-30,34-36H,1,5-17H2,2-3H3,(H,37,42). The maximum atomic E-state index is 16.5. The van der Waals surface area contributed by atoms with Crippen LogP contribution in [0.15, 0.2) is 12.7 Å². The van der Waals surface area contributed by atoms with E-state index in [1.54, 1.807) is 4.90 Å². The predicted octanol–water partition coefficient (Wildman–Crippen LogP) is 2.30. The van der Waals surface area contributed by atoms with Crippen molar-refractivity contribution in [1.29, 1.82) is 0 Å². The van der Waals surface area contributed by atoms with Gasteiger partial charge in [0.1, 0.15) is 12.3 Å². The molecule has 3 amide bonds. The summed E-state index contributed by atoms with van der Waals surface area (Å²) in [5, 5.41) is 14.6. The molecule has 5 saturated heterocycles. The second-order valence-electron chi connectivity index (χ2n) is 13.8. The SMILES string of the molecule is C=CC(=O)N1CCN(C2NC(=O)N3C4NC(C(F)CC24)C2C(F)CCCC2NCCCSC2CCNC(C(C)C)C23)CC1. The number of hydrogen-bond acceptors (Lipinski definition) is 7. The first kappa shape index (κ1) is 31.5. The van der Waals surface area contributed by atoms with Gasteiger partial charge in [-0.15, -0.1) is 0 Å². The molecule has 11 atom stereocenters. The van der Waals surface area contributed by atoms with Gasteiger partial charge in [-0.1, -0.05) is 20.4 Å². The molecule has 43 heavy (non-hydrogen) atoms. The first-order valence-corrected chi connectivity index (χ1v) is 17.7. The van der Waals surface area contributed by atoms with Gasteiger partial charge in [0.15, 0.2) is 0 Å². The summed E-state index contributed by atoms with van der Waals surface area (Å²) < 4.78 is 32.3. The maximum Gasteiger partial charge on any atom is 0.320 e. The molecular weight excluding hydrogens is 572 g/mol. The molecule has 4 N–H and O–H groups in total. The smallest absolute Gasteiger partial charge is 0.320 e. The lowest BCUT2D eigenvalue weighted by atomic mass is 9.72. The fourth-order valence-electron chi connectivity index (χ4n) is 8.92. The third-order valence-corrected chi connectivity index (χ3v) is 12.5. The van der Waals surface area contributed by atoms with E-state index in [0.29, 0.717) is 38.5 Å². The van der Waals surface area contributed by atoms with Crippen molar-refractivity contribution in [2.75, 3.05) is 45.0 Å². The first-order chi connectivity index (χ1) is 20.8. The third kappa shape index (κ3) is 6.20. The number of alkyl halides is 2. The normalized spacial score (nSPS) is 42.9. The van der Waals surface area contributed by atoms with E-state index >= 15 is 8.78 Å². The van der Waals surface area contributed by atoms with Gasteiger partial charge in [0.25, 0.3) is 0 Å². The summed E-state index contributed by atoms with van der Waals surface area (Å²) in [5.41, 5.74) is 0. The zero-order valence-corrected chi connectivity index (χ0v) is 26.5. The minimum absolute atomic E-state index is 0.0735. The highest BCUT2D eigenvalue weighted by Crippen LogP contribution is 2.42. The highest BCUT2D eigenvalue weighted by Gasteiger charge is 2.57. The summed E-state index contributed by atoms with van der Waals surface area (Å²) in [6.07, 6.45) is 2.56. The monoisotopic (exact) mass is 623 g/mol. The van der Waals surface area contributed by atoms with Gasteiger partial charge >= 0.3 is 6.03 Å². The molecule has 0 aromatic rings. The van der Waals surface area contributed by atoms with Crippen LogP contribution in [0.1, 0.15) is 52.4 Å². The molecule has 9 nitrogen and oxygen atoms in total. The Labute approximate surface area is 259 Å². The average Bonchev–Trinajstić information content (AvgIpc) is 3.01. The summed E-state index contributed by atoms with van der Waals surface area (Å²) >= 11 is 1.96. The van der Waals surface area contributed by atoms with Gasteiger partial charge in [-0.2, -0.15) is 11.8 Å². The lowest BCUT2D eigenvalue weighted by molar-refractivity contribution is -0.129. The molecule has 2 bridgehead atoms. The summed E-state index contributed by atoms with van der Waals surface area (Å²) in [5.74, 6) is 0.487. The van der Waals surface area contributed by atoms with E-state index in [4.69, 9.17) is 0 Å². The Hall–Kier alpha value is -1.47. The van der Waals surface area contributed by atoms with Crippen molar-refractivity contribution < 1.29 is 18.4 Å². The van der Waals surface area contributed by atoms with E-state index in [1.807, 2.05) is 16.7 Å². The molecule has 11 unspecified atom stereocenters. The zero-order valence-electron chi connectivity index (χ0n) is 25.7. The second kappa shape index (κ2) is 13.5. The van der Waals surface area contributed by atoms with Crippen LogP contribution in [0.4, 0.5) is 13.6 Å². The van der Waals surface area contributed by atoms with Crippen LogP contribution in [0, 0.1) is 17.8 Å². The van der Waals surface area contributed by atoms with Crippen LogP contribution >= 0.6 is 11.8 Å². The number of nitrogens with one attached hydrogen (secondary N) is 4. The summed E-state index contributed by atoms with van der Waals surface area (Å²) in [6, 6.07) is -0.840. The molecule has 0 spiro atoms. The Morgan fingerprint density at radius 2 is 1.81 bits per heavy atom.